The van der Waals surface area contributed by atoms with E-state index in [-0.39, 0.29) is 24.0 Å². The number of anilines is 1. The van der Waals surface area contributed by atoms with Gasteiger partial charge in [0.1, 0.15) is 12.4 Å². The van der Waals surface area contributed by atoms with Gasteiger partial charge in [-0.15, -0.1) is 11.3 Å². The Morgan fingerprint density at radius 2 is 1.90 bits per heavy atom. The van der Waals surface area contributed by atoms with Crippen LogP contribution in [0.1, 0.15) is 10.4 Å². The van der Waals surface area contributed by atoms with Crippen LogP contribution in [0.15, 0.2) is 71.8 Å². The largest absolute Gasteiger partial charge is 0.449 e. The molecule has 1 aliphatic rings. The Hall–Kier alpha value is -3.45. The summed E-state index contributed by atoms with van der Waals surface area (Å²) < 4.78 is 18.9. The van der Waals surface area contributed by atoms with Crippen LogP contribution in [0, 0.1) is 5.82 Å². The van der Waals surface area contributed by atoms with E-state index in [1.54, 1.807) is 47.7 Å². The predicted molar refractivity (Wildman–Crippen MR) is 110 cm³/mol. The van der Waals surface area contributed by atoms with Crippen LogP contribution < -0.4 is 15.0 Å². The maximum atomic E-state index is 13.1. The van der Waals surface area contributed by atoms with Gasteiger partial charge in [-0.25, -0.2) is 4.39 Å². The SMILES string of the molecule is O=C(CN1C(=O)C(=Cc2ccc(F)cc2)Oc2ccccc21)NCc1cccs1. The minimum atomic E-state index is -0.431. The summed E-state index contributed by atoms with van der Waals surface area (Å²) in [7, 11) is 0. The first-order valence-electron chi connectivity index (χ1n) is 8.95. The molecule has 0 atom stereocenters. The van der Waals surface area contributed by atoms with Gasteiger partial charge in [0.2, 0.25) is 5.91 Å². The Bertz CT molecular complexity index is 1060. The molecule has 1 aliphatic heterocycles. The van der Waals surface area contributed by atoms with Crippen molar-refractivity contribution in [2.45, 2.75) is 6.54 Å². The van der Waals surface area contributed by atoms with Gasteiger partial charge in [0, 0.05) is 4.88 Å². The Labute approximate surface area is 171 Å². The summed E-state index contributed by atoms with van der Waals surface area (Å²) in [5.74, 6) is -0.519. The van der Waals surface area contributed by atoms with Gasteiger partial charge in [-0.2, -0.15) is 0 Å². The summed E-state index contributed by atoms with van der Waals surface area (Å²) in [6, 6.07) is 16.6. The number of carbonyl (C=O) groups is 2. The van der Waals surface area contributed by atoms with E-state index in [0.29, 0.717) is 23.5 Å². The summed E-state index contributed by atoms with van der Waals surface area (Å²) in [5, 5.41) is 4.77. The molecule has 0 fully saturated rings. The van der Waals surface area contributed by atoms with E-state index < -0.39 is 5.91 Å². The zero-order chi connectivity index (χ0) is 20.2. The second-order valence-corrected chi connectivity index (χ2v) is 7.41. The van der Waals surface area contributed by atoms with Gasteiger partial charge >= 0.3 is 0 Å². The van der Waals surface area contributed by atoms with Crippen LogP contribution in [0.2, 0.25) is 0 Å². The molecule has 3 aromatic rings. The molecule has 1 N–H and O–H groups in total. The number of hydrogen-bond acceptors (Lipinski definition) is 4. The fourth-order valence-electron chi connectivity index (χ4n) is 2.93. The summed E-state index contributed by atoms with van der Waals surface area (Å²) in [6.45, 7) is 0.278. The van der Waals surface area contributed by atoms with Crippen molar-refractivity contribution in [3.63, 3.8) is 0 Å². The number of para-hydroxylation sites is 2. The maximum Gasteiger partial charge on any atom is 0.294 e. The molecular weight excluding hydrogens is 391 g/mol. The van der Waals surface area contributed by atoms with Crippen molar-refractivity contribution in [2.75, 3.05) is 11.4 Å². The molecule has 2 aromatic carbocycles. The molecule has 0 spiro atoms. The van der Waals surface area contributed by atoms with Crippen molar-refractivity contribution >= 4 is 34.9 Å². The molecule has 0 bridgehead atoms. The molecule has 2 heterocycles. The Balaban J connectivity index is 1.57. The van der Waals surface area contributed by atoms with Crippen LogP contribution >= 0.6 is 11.3 Å². The minimum Gasteiger partial charge on any atom is -0.449 e. The van der Waals surface area contributed by atoms with E-state index >= 15 is 0 Å². The quantitative estimate of drug-likeness (QED) is 0.650. The lowest BCUT2D eigenvalue weighted by atomic mass is 10.1. The zero-order valence-electron chi connectivity index (χ0n) is 15.3. The Morgan fingerprint density at radius 1 is 1.10 bits per heavy atom. The van der Waals surface area contributed by atoms with Gasteiger partial charge in [-0.05, 0) is 47.4 Å². The molecular formula is C22H17FN2O3S. The summed E-state index contributed by atoms with van der Waals surface area (Å²) in [6.07, 6.45) is 1.54. The number of benzene rings is 2. The number of thiophene rings is 1. The highest BCUT2D eigenvalue weighted by atomic mass is 32.1. The predicted octanol–water partition coefficient (Wildman–Crippen LogP) is 3.97. The van der Waals surface area contributed by atoms with Crippen molar-refractivity contribution in [1.82, 2.24) is 5.32 Å². The van der Waals surface area contributed by atoms with Crippen LogP contribution in [0.25, 0.3) is 6.08 Å². The molecule has 0 radical (unpaired) electrons. The summed E-state index contributed by atoms with van der Waals surface area (Å²) in [5.41, 5.74) is 1.15. The number of nitrogens with one attached hydrogen (secondary N) is 1. The Morgan fingerprint density at radius 3 is 2.66 bits per heavy atom. The first-order chi connectivity index (χ1) is 14.1. The highest BCUT2D eigenvalue weighted by Crippen LogP contribution is 2.35. The van der Waals surface area contributed by atoms with Crippen LogP contribution in [0.5, 0.6) is 5.75 Å². The van der Waals surface area contributed by atoms with Crippen molar-refractivity contribution in [3.05, 3.63) is 88.1 Å². The third-order valence-electron chi connectivity index (χ3n) is 4.34. The van der Waals surface area contributed by atoms with Crippen LogP contribution in [-0.2, 0) is 16.1 Å². The Kier molecular flexibility index (Phi) is 5.39. The first-order valence-corrected chi connectivity index (χ1v) is 9.83. The lowest BCUT2D eigenvalue weighted by Crippen LogP contribution is -2.44. The fourth-order valence-corrected chi connectivity index (χ4v) is 3.57. The number of ether oxygens (including phenoxy) is 1. The average Bonchev–Trinajstić information content (AvgIpc) is 3.25. The molecule has 7 heteroatoms. The lowest BCUT2D eigenvalue weighted by Gasteiger charge is -2.30. The van der Waals surface area contributed by atoms with Gasteiger partial charge in [0.15, 0.2) is 11.5 Å². The van der Waals surface area contributed by atoms with Crippen LogP contribution in [-0.4, -0.2) is 18.4 Å². The third-order valence-corrected chi connectivity index (χ3v) is 5.22. The van der Waals surface area contributed by atoms with Crippen molar-refractivity contribution < 1.29 is 18.7 Å². The fraction of sp³-hybridized carbons (Fsp3) is 0.0909. The first kappa shape index (κ1) is 18.9. The third kappa shape index (κ3) is 4.35. The highest BCUT2D eigenvalue weighted by Gasteiger charge is 2.31. The van der Waals surface area contributed by atoms with E-state index in [4.69, 9.17) is 4.74 Å². The van der Waals surface area contributed by atoms with Crippen LogP contribution in [0.3, 0.4) is 0 Å². The normalized spacial score (nSPS) is 14.4. The molecule has 0 saturated heterocycles. The van der Waals surface area contributed by atoms with Crippen molar-refractivity contribution in [1.29, 1.82) is 0 Å². The number of hydrogen-bond donors (Lipinski definition) is 1. The topological polar surface area (TPSA) is 58.6 Å². The van der Waals surface area contributed by atoms with Gasteiger partial charge in [0.25, 0.3) is 5.91 Å². The number of halogens is 1. The maximum absolute atomic E-state index is 13.1. The number of amides is 2. The number of nitrogens with zero attached hydrogens (tertiary/aromatic N) is 1. The smallest absolute Gasteiger partial charge is 0.294 e. The standard InChI is InChI=1S/C22H17FN2O3S/c23-16-9-7-15(8-10-16)12-20-22(27)25(18-5-1-2-6-19(18)28-20)14-21(26)24-13-17-4-3-11-29-17/h1-12H,13-14H2,(H,24,26). The second kappa shape index (κ2) is 8.28. The molecule has 0 unspecified atom stereocenters. The molecule has 1 aromatic heterocycles. The summed E-state index contributed by atoms with van der Waals surface area (Å²) in [4.78, 5) is 27.9. The molecule has 0 aliphatic carbocycles. The number of carbonyl (C=O) groups excluding carboxylic acids is 2. The van der Waals surface area contributed by atoms with E-state index in [0.717, 1.165) is 4.88 Å². The highest BCUT2D eigenvalue weighted by molar-refractivity contribution is 7.09. The van der Waals surface area contributed by atoms with Gasteiger partial charge in [-0.1, -0.05) is 30.3 Å². The molecule has 4 rings (SSSR count). The van der Waals surface area contributed by atoms with Gasteiger partial charge in [-0.3, -0.25) is 14.5 Å². The molecule has 5 nitrogen and oxygen atoms in total. The molecule has 146 valence electrons. The lowest BCUT2D eigenvalue weighted by molar-refractivity contribution is -0.123. The van der Waals surface area contributed by atoms with Crippen LogP contribution in [0.4, 0.5) is 10.1 Å². The molecule has 29 heavy (non-hydrogen) atoms. The zero-order valence-corrected chi connectivity index (χ0v) is 16.1. The molecule has 2 amide bonds. The van der Waals surface area contributed by atoms with E-state index in [2.05, 4.69) is 5.32 Å². The van der Waals surface area contributed by atoms with Gasteiger partial charge < -0.3 is 10.1 Å². The minimum absolute atomic E-state index is 0.0707. The second-order valence-electron chi connectivity index (χ2n) is 6.38. The van der Waals surface area contributed by atoms with Crippen molar-refractivity contribution in [3.8, 4) is 5.75 Å². The number of rotatable bonds is 5. The van der Waals surface area contributed by atoms with Gasteiger partial charge in [0.05, 0.1) is 12.2 Å². The van der Waals surface area contributed by atoms with Crippen molar-refractivity contribution in [2.24, 2.45) is 0 Å². The average molecular weight is 408 g/mol. The van der Waals surface area contributed by atoms with E-state index in [9.17, 15) is 14.0 Å². The van der Waals surface area contributed by atoms with E-state index in [1.807, 2.05) is 17.5 Å². The molecule has 0 saturated carbocycles. The number of fused-ring (bicyclic) bond motifs is 1. The summed E-state index contributed by atoms with van der Waals surface area (Å²) >= 11 is 1.55. The monoisotopic (exact) mass is 408 g/mol. The van der Waals surface area contributed by atoms with E-state index in [1.165, 1.54) is 23.1 Å².